The number of nitro benzene ring substituents is 1. The quantitative estimate of drug-likeness (QED) is 0.230. The number of non-ortho nitro benzene ring substituents is 1. The van der Waals surface area contributed by atoms with Gasteiger partial charge >= 0.3 is 5.97 Å². The summed E-state index contributed by atoms with van der Waals surface area (Å²) in [5.74, 6) is -2.12. The summed E-state index contributed by atoms with van der Waals surface area (Å²) in [4.78, 5) is 42.1. The fourth-order valence-corrected chi connectivity index (χ4v) is 4.94. The van der Waals surface area contributed by atoms with E-state index in [9.17, 15) is 19.7 Å². The monoisotopic (exact) mass is 496 g/mol. The van der Waals surface area contributed by atoms with Crippen LogP contribution in [0.15, 0.2) is 64.8 Å². The molecule has 1 aliphatic heterocycles. The number of benzene rings is 2. The lowest BCUT2D eigenvalue weighted by Crippen LogP contribution is -2.38. The molecule has 2 aromatic carbocycles. The number of esters is 1. The fraction of sp³-hybridized carbons (Fsp3) is 0.346. The van der Waals surface area contributed by atoms with Gasteiger partial charge in [-0.05, 0) is 42.5 Å². The summed E-state index contributed by atoms with van der Waals surface area (Å²) < 4.78 is 10.4. The van der Waals surface area contributed by atoms with E-state index in [2.05, 4.69) is 0 Å². The molecule has 2 aromatic rings. The Kier molecular flexibility index (Phi) is 7.42. The van der Waals surface area contributed by atoms with E-state index >= 15 is 0 Å². The lowest BCUT2D eigenvalue weighted by atomic mass is 9.69. The normalized spacial score (nSPS) is 21.9. The predicted octanol–water partition coefficient (Wildman–Crippen LogP) is 5.01. The van der Waals surface area contributed by atoms with Crippen molar-refractivity contribution in [3.05, 3.63) is 86.1 Å². The van der Waals surface area contributed by atoms with Crippen LogP contribution in [0.2, 0.25) is 5.02 Å². The third-order valence-corrected chi connectivity index (χ3v) is 6.73. The number of ketones is 1. The van der Waals surface area contributed by atoms with E-state index in [0.717, 1.165) is 5.56 Å². The van der Waals surface area contributed by atoms with E-state index in [1.807, 2.05) is 12.1 Å². The first-order valence-electron chi connectivity index (χ1n) is 11.3. The van der Waals surface area contributed by atoms with Crippen molar-refractivity contribution in [2.75, 3.05) is 20.3 Å². The third-order valence-electron chi connectivity index (χ3n) is 6.48. The van der Waals surface area contributed by atoms with Crippen LogP contribution in [0, 0.1) is 16.0 Å². The van der Waals surface area contributed by atoms with Gasteiger partial charge in [-0.15, -0.1) is 0 Å². The number of ether oxygens (including phenoxy) is 2. The highest BCUT2D eigenvalue weighted by Crippen LogP contribution is 2.47. The summed E-state index contributed by atoms with van der Waals surface area (Å²) >= 11 is 6.03. The Morgan fingerprint density at radius 2 is 1.74 bits per heavy atom. The van der Waals surface area contributed by atoms with Gasteiger partial charge in [0, 0.05) is 53.6 Å². The van der Waals surface area contributed by atoms with Gasteiger partial charge in [-0.3, -0.25) is 24.7 Å². The molecule has 0 saturated carbocycles. The molecule has 8 nitrogen and oxygen atoms in total. The molecule has 1 heterocycles. The van der Waals surface area contributed by atoms with Gasteiger partial charge in [0.1, 0.15) is 12.5 Å². The van der Waals surface area contributed by atoms with Crippen LogP contribution in [-0.2, 0) is 19.1 Å². The van der Waals surface area contributed by atoms with Crippen molar-refractivity contribution < 1.29 is 24.0 Å². The molecule has 182 valence electrons. The average Bonchev–Trinajstić information content (AvgIpc) is 2.83. The lowest BCUT2D eigenvalue weighted by molar-refractivity contribution is -0.384. The van der Waals surface area contributed by atoms with Crippen LogP contribution in [0.25, 0.3) is 0 Å². The number of methoxy groups -OCH3 is 1. The molecule has 0 bridgehead atoms. The number of hydrogen-bond donors (Lipinski definition) is 0. The maximum atomic E-state index is 13.5. The number of Topliss-reactive ketones (excluding diaryl/α,β-unsaturated/α-hetero) is 1. The Labute approximate surface area is 207 Å². The topological polar surface area (TPSA) is 108 Å². The summed E-state index contributed by atoms with van der Waals surface area (Å²) in [6, 6.07) is 13.4. The fourth-order valence-electron chi connectivity index (χ4n) is 4.81. The number of hydrogen-bond acceptors (Lipinski definition) is 7. The molecule has 4 rings (SSSR count). The van der Waals surface area contributed by atoms with Crippen molar-refractivity contribution in [1.82, 2.24) is 0 Å². The van der Waals surface area contributed by atoms with E-state index in [0.29, 0.717) is 34.0 Å². The molecule has 2 aliphatic rings. The van der Waals surface area contributed by atoms with Crippen molar-refractivity contribution in [2.24, 2.45) is 10.9 Å². The first-order valence-corrected chi connectivity index (χ1v) is 11.6. The van der Waals surface area contributed by atoms with E-state index in [1.165, 1.54) is 19.2 Å². The van der Waals surface area contributed by atoms with E-state index in [4.69, 9.17) is 26.1 Å². The first kappa shape index (κ1) is 24.8. The van der Waals surface area contributed by atoms with Crippen LogP contribution >= 0.6 is 11.6 Å². The van der Waals surface area contributed by atoms with Gasteiger partial charge in [0.15, 0.2) is 5.78 Å². The van der Waals surface area contributed by atoms with Crippen molar-refractivity contribution >= 4 is 34.8 Å². The zero-order valence-electron chi connectivity index (χ0n) is 19.4. The maximum Gasteiger partial charge on any atom is 0.315 e. The molecule has 1 aliphatic carbocycles. The van der Waals surface area contributed by atoms with Gasteiger partial charge in [-0.1, -0.05) is 35.9 Å². The second-order valence-electron chi connectivity index (χ2n) is 8.66. The Hall–Kier alpha value is -3.36. The van der Waals surface area contributed by atoms with Crippen LogP contribution in [0.3, 0.4) is 0 Å². The Morgan fingerprint density at radius 1 is 1.09 bits per heavy atom. The van der Waals surface area contributed by atoms with Crippen molar-refractivity contribution in [2.45, 2.75) is 31.6 Å². The van der Waals surface area contributed by atoms with Gasteiger partial charge < -0.3 is 9.47 Å². The molecule has 9 heteroatoms. The number of nitro groups is 1. The summed E-state index contributed by atoms with van der Waals surface area (Å²) in [5, 5.41) is 11.8. The van der Waals surface area contributed by atoms with Gasteiger partial charge in [0.05, 0.1) is 11.5 Å². The molecule has 3 atom stereocenters. The largest absolute Gasteiger partial charge is 0.463 e. The van der Waals surface area contributed by atoms with Crippen LogP contribution in [0.1, 0.15) is 42.7 Å². The molecule has 0 amide bonds. The third kappa shape index (κ3) is 5.18. The molecule has 0 spiro atoms. The minimum atomic E-state index is -0.817. The second-order valence-corrected chi connectivity index (χ2v) is 9.09. The molecule has 0 aromatic heterocycles. The highest BCUT2D eigenvalue weighted by Gasteiger charge is 2.44. The molecule has 0 saturated heterocycles. The summed E-state index contributed by atoms with van der Waals surface area (Å²) in [7, 11) is 1.51. The number of nitrogens with zero attached hydrogens (tertiary/aromatic N) is 2. The Morgan fingerprint density at radius 3 is 2.37 bits per heavy atom. The van der Waals surface area contributed by atoms with E-state index in [-0.39, 0.29) is 37.0 Å². The molecular weight excluding hydrogens is 472 g/mol. The van der Waals surface area contributed by atoms with Crippen molar-refractivity contribution in [3.63, 3.8) is 0 Å². The number of halogens is 1. The van der Waals surface area contributed by atoms with Crippen LogP contribution in [0.4, 0.5) is 5.69 Å². The van der Waals surface area contributed by atoms with Crippen LogP contribution in [-0.4, -0.2) is 42.7 Å². The number of allylic oxidation sites excluding steroid dienone is 2. The van der Waals surface area contributed by atoms with E-state index in [1.54, 1.807) is 31.2 Å². The van der Waals surface area contributed by atoms with E-state index < -0.39 is 22.7 Å². The highest BCUT2D eigenvalue weighted by atomic mass is 35.5. The van der Waals surface area contributed by atoms with Crippen molar-refractivity contribution in [3.8, 4) is 0 Å². The number of carbonyl (C=O) groups excluding carboxylic acids is 2. The number of carbonyl (C=O) groups is 2. The van der Waals surface area contributed by atoms with Gasteiger partial charge in [0.25, 0.3) is 5.69 Å². The molecule has 35 heavy (non-hydrogen) atoms. The zero-order chi connectivity index (χ0) is 25.1. The van der Waals surface area contributed by atoms with Crippen LogP contribution < -0.4 is 0 Å². The number of rotatable bonds is 7. The first-order chi connectivity index (χ1) is 16.8. The SMILES string of the molecule is COCCOC(=O)C1C(C)=NC2=C(C(=O)C[C@H](c3ccc(Cl)cc3)C2)[C@H]1c1ccc([N+](=O)[O-])cc1. The molecule has 0 N–H and O–H groups in total. The highest BCUT2D eigenvalue weighted by molar-refractivity contribution is 6.30. The van der Waals surface area contributed by atoms with Gasteiger partial charge in [-0.25, -0.2) is 0 Å². The summed E-state index contributed by atoms with van der Waals surface area (Å²) in [6.45, 7) is 2.07. The molecule has 0 radical (unpaired) electrons. The Balaban J connectivity index is 1.75. The predicted molar refractivity (Wildman–Crippen MR) is 131 cm³/mol. The second kappa shape index (κ2) is 10.5. The average molecular weight is 497 g/mol. The number of aliphatic imine (C=N–C) groups is 1. The Bertz CT molecular complexity index is 1200. The van der Waals surface area contributed by atoms with Gasteiger partial charge in [-0.2, -0.15) is 0 Å². The molecule has 0 fully saturated rings. The standard InChI is InChI=1S/C26H25ClN2O6/c1-15-23(26(31)35-12-11-34-2)24(17-5-9-20(10-6-17)29(32)33)25-21(28-15)13-18(14-22(25)30)16-3-7-19(27)8-4-16/h3-10,18,23-24H,11-14H2,1-2H3/t18-,23?,24+/m1/s1. The molecule has 1 unspecified atom stereocenters. The zero-order valence-corrected chi connectivity index (χ0v) is 20.2. The van der Waals surface area contributed by atoms with Crippen molar-refractivity contribution in [1.29, 1.82) is 0 Å². The van der Waals surface area contributed by atoms with Crippen LogP contribution in [0.5, 0.6) is 0 Å². The maximum absolute atomic E-state index is 13.5. The summed E-state index contributed by atoms with van der Waals surface area (Å²) in [5.41, 5.74) is 3.21. The van der Waals surface area contributed by atoms with Gasteiger partial charge in [0.2, 0.25) is 0 Å². The minimum absolute atomic E-state index is 0.0576. The smallest absolute Gasteiger partial charge is 0.315 e. The lowest BCUT2D eigenvalue weighted by Gasteiger charge is -2.36. The minimum Gasteiger partial charge on any atom is -0.463 e. The summed E-state index contributed by atoms with van der Waals surface area (Å²) in [6.07, 6.45) is 0.804. The molecular formula is C26H25ClN2O6.